The number of hydrogen-bond acceptors (Lipinski definition) is 2. The molecule has 0 aliphatic carbocycles. The van der Waals surface area contributed by atoms with Crippen molar-refractivity contribution in [2.45, 2.75) is 19.4 Å². The molecule has 4 rings (SSSR count). The van der Waals surface area contributed by atoms with Crippen molar-refractivity contribution in [3.63, 3.8) is 0 Å². The monoisotopic (exact) mass is 279 g/mol. The van der Waals surface area contributed by atoms with Crippen LogP contribution in [-0.4, -0.2) is 14.5 Å². The Balaban J connectivity index is 1.94. The zero-order valence-corrected chi connectivity index (χ0v) is 11.5. The molecule has 104 valence electrons. The van der Waals surface area contributed by atoms with Gasteiger partial charge in [-0.3, -0.25) is 4.98 Å². The summed E-state index contributed by atoms with van der Waals surface area (Å²) in [4.78, 5) is 8.87. The van der Waals surface area contributed by atoms with Crippen LogP contribution in [0.1, 0.15) is 12.2 Å². The molecule has 3 heterocycles. The number of fused-ring (bicyclic) bond motifs is 1. The molecule has 2 aromatic heterocycles. The van der Waals surface area contributed by atoms with E-state index in [0.717, 1.165) is 47.7 Å². The molecule has 0 fully saturated rings. The van der Waals surface area contributed by atoms with E-state index in [-0.39, 0.29) is 5.82 Å². The summed E-state index contributed by atoms with van der Waals surface area (Å²) in [5, 5.41) is 0. The smallest absolute Gasteiger partial charge is 0.123 e. The highest BCUT2D eigenvalue weighted by Crippen LogP contribution is 2.35. The molecule has 0 radical (unpaired) electrons. The molecule has 0 saturated carbocycles. The lowest BCUT2D eigenvalue weighted by Crippen LogP contribution is -1.96. The summed E-state index contributed by atoms with van der Waals surface area (Å²) in [6.45, 7) is 0.972. The molecule has 3 nitrogen and oxygen atoms in total. The normalized spacial score (nSPS) is 13.4. The standard InChI is InChI=1S/C17H14FN3/c18-14-5-3-13(4-6-14)17-16(12-7-9-19-10-8-12)20-15-2-1-11-21(15)17/h3-10H,1-2,11H2. The van der Waals surface area contributed by atoms with E-state index in [4.69, 9.17) is 4.98 Å². The zero-order valence-electron chi connectivity index (χ0n) is 11.5. The van der Waals surface area contributed by atoms with Crippen LogP contribution < -0.4 is 0 Å². The number of aryl methyl sites for hydroxylation is 1. The Morgan fingerprint density at radius 2 is 1.71 bits per heavy atom. The fraction of sp³-hybridized carbons (Fsp3) is 0.176. The molecule has 0 amide bonds. The minimum Gasteiger partial charge on any atom is -0.327 e. The Hall–Kier alpha value is -2.49. The number of pyridine rings is 1. The Bertz CT molecular complexity index is 776. The summed E-state index contributed by atoms with van der Waals surface area (Å²) in [5.41, 5.74) is 4.09. The summed E-state index contributed by atoms with van der Waals surface area (Å²) < 4.78 is 15.4. The van der Waals surface area contributed by atoms with Gasteiger partial charge in [-0.2, -0.15) is 0 Å². The number of hydrogen-bond donors (Lipinski definition) is 0. The maximum atomic E-state index is 13.2. The zero-order chi connectivity index (χ0) is 14.2. The van der Waals surface area contributed by atoms with E-state index in [1.165, 1.54) is 12.1 Å². The first kappa shape index (κ1) is 12.3. The largest absolute Gasteiger partial charge is 0.327 e. The molecular formula is C17H14FN3. The molecule has 1 aliphatic rings. The van der Waals surface area contributed by atoms with Crippen LogP contribution in [0, 0.1) is 5.82 Å². The van der Waals surface area contributed by atoms with Crippen molar-refractivity contribution in [3.05, 3.63) is 60.4 Å². The maximum absolute atomic E-state index is 13.2. The van der Waals surface area contributed by atoms with Gasteiger partial charge in [-0.15, -0.1) is 0 Å². The second-order valence-corrected chi connectivity index (χ2v) is 5.22. The van der Waals surface area contributed by atoms with Gasteiger partial charge < -0.3 is 4.57 Å². The lowest BCUT2D eigenvalue weighted by molar-refractivity contribution is 0.628. The molecular weight excluding hydrogens is 265 g/mol. The summed E-state index contributed by atoms with van der Waals surface area (Å²) in [6, 6.07) is 10.6. The number of benzene rings is 1. The maximum Gasteiger partial charge on any atom is 0.123 e. The van der Waals surface area contributed by atoms with Gasteiger partial charge in [0.2, 0.25) is 0 Å². The first-order valence-corrected chi connectivity index (χ1v) is 7.08. The van der Waals surface area contributed by atoms with Gasteiger partial charge in [-0.25, -0.2) is 9.37 Å². The fourth-order valence-corrected chi connectivity index (χ4v) is 2.94. The predicted molar refractivity (Wildman–Crippen MR) is 79.2 cm³/mol. The molecule has 0 spiro atoms. The van der Waals surface area contributed by atoms with Crippen molar-refractivity contribution in [3.8, 4) is 22.5 Å². The minimum absolute atomic E-state index is 0.217. The van der Waals surface area contributed by atoms with Gasteiger partial charge >= 0.3 is 0 Å². The molecule has 4 heteroatoms. The van der Waals surface area contributed by atoms with E-state index in [2.05, 4.69) is 9.55 Å². The van der Waals surface area contributed by atoms with E-state index in [1.54, 1.807) is 12.4 Å². The van der Waals surface area contributed by atoms with Gasteiger partial charge in [0.15, 0.2) is 0 Å². The van der Waals surface area contributed by atoms with Crippen molar-refractivity contribution in [2.24, 2.45) is 0 Å². The lowest BCUT2D eigenvalue weighted by atomic mass is 10.1. The Labute approximate surface area is 122 Å². The van der Waals surface area contributed by atoms with E-state index in [9.17, 15) is 4.39 Å². The topological polar surface area (TPSA) is 30.7 Å². The molecule has 1 aromatic carbocycles. The Kier molecular flexibility index (Phi) is 2.81. The number of imidazole rings is 1. The third-order valence-electron chi connectivity index (χ3n) is 3.90. The second-order valence-electron chi connectivity index (χ2n) is 5.22. The number of halogens is 1. The van der Waals surface area contributed by atoms with Crippen molar-refractivity contribution < 1.29 is 4.39 Å². The Morgan fingerprint density at radius 1 is 0.952 bits per heavy atom. The van der Waals surface area contributed by atoms with Gasteiger partial charge in [0.05, 0.1) is 11.4 Å². The first-order valence-electron chi connectivity index (χ1n) is 7.08. The molecule has 21 heavy (non-hydrogen) atoms. The van der Waals surface area contributed by atoms with E-state index >= 15 is 0 Å². The molecule has 0 N–H and O–H groups in total. The van der Waals surface area contributed by atoms with Crippen molar-refractivity contribution >= 4 is 0 Å². The molecule has 0 saturated heterocycles. The highest BCUT2D eigenvalue weighted by Gasteiger charge is 2.22. The molecule has 0 atom stereocenters. The van der Waals surface area contributed by atoms with Crippen LogP contribution in [0.5, 0.6) is 0 Å². The summed E-state index contributed by atoms with van der Waals surface area (Å²) >= 11 is 0. The highest BCUT2D eigenvalue weighted by molar-refractivity contribution is 5.79. The van der Waals surface area contributed by atoms with Gasteiger partial charge in [-0.1, -0.05) is 0 Å². The summed E-state index contributed by atoms with van der Waals surface area (Å²) in [7, 11) is 0. The molecule has 3 aromatic rings. The average molecular weight is 279 g/mol. The fourth-order valence-electron chi connectivity index (χ4n) is 2.94. The van der Waals surface area contributed by atoms with E-state index < -0.39 is 0 Å². The van der Waals surface area contributed by atoms with Crippen molar-refractivity contribution in [1.29, 1.82) is 0 Å². The van der Waals surface area contributed by atoms with Crippen LogP contribution in [0.15, 0.2) is 48.8 Å². The second kappa shape index (κ2) is 4.81. The van der Waals surface area contributed by atoms with E-state index in [0.29, 0.717) is 0 Å². The molecule has 0 bridgehead atoms. The van der Waals surface area contributed by atoms with Crippen LogP contribution in [0.3, 0.4) is 0 Å². The highest BCUT2D eigenvalue weighted by atomic mass is 19.1. The van der Waals surface area contributed by atoms with Crippen LogP contribution in [0.2, 0.25) is 0 Å². The summed E-state index contributed by atoms with van der Waals surface area (Å²) in [6.07, 6.45) is 5.66. The van der Waals surface area contributed by atoms with Crippen molar-refractivity contribution in [1.82, 2.24) is 14.5 Å². The predicted octanol–water partition coefficient (Wildman–Crippen LogP) is 3.70. The number of nitrogens with zero attached hydrogens (tertiary/aromatic N) is 3. The van der Waals surface area contributed by atoms with Crippen LogP contribution >= 0.6 is 0 Å². The Morgan fingerprint density at radius 3 is 2.48 bits per heavy atom. The third-order valence-corrected chi connectivity index (χ3v) is 3.90. The quantitative estimate of drug-likeness (QED) is 0.716. The number of aromatic nitrogens is 3. The van der Waals surface area contributed by atoms with Crippen LogP contribution in [0.4, 0.5) is 4.39 Å². The molecule has 1 aliphatic heterocycles. The first-order chi connectivity index (χ1) is 10.3. The molecule has 0 unspecified atom stereocenters. The average Bonchev–Trinajstić information content (AvgIpc) is 3.10. The van der Waals surface area contributed by atoms with Gasteiger partial charge in [0.25, 0.3) is 0 Å². The number of rotatable bonds is 2. The van der Waals surface area contributed by atoms with Crippen LogP contribution in [-0.2, 0) is 13.0 Å². The SMILES string of the molecule is Fc1ccc(-c2c(-c3ccncc3)nc3n2CCC3)cc1. The van der Waals surface area contributed by atoms with Crippen LogP contribution in [0.25, 0.3) is 22.5 Å². The lowest BCUT2D eigenvalue weighted by Gasteiger charge is -2.08. The van der Waals surface area contributed by atoms with Gasteiger partial charge in [-0.05, 0) is 42.8 Å². The summed E-state index contributed by atoms with van der Waals surface area (Å²) in [5.74, 6) is 0.895. The van der Waals surface area contributed by atoms with Crippen molar-refractivity contribution in [2.75, 3.05) is 0 Å². The van der Waals surface area contributed by atoms with E-state index in [1.807, 2.05) is 24.3 Å². The minimum atomic E-state index is -0.217. The third kappa shape index (κ3) is 2.03. The van der Waals surface area contributed by atoms with Gasteiger partial charge in [0.1, 0.15) is 11.6 Å². The van der Waals surface area contributed by atoms with Gasteiger partial charge in [0, 0.05) is 36.5 Å².